The Kier molecular flexibility index (Phi) is 6.38. The molecule has 0 unspecified atom stereocenters. The third-order valence-corrected chi connectivity index (χ3v) is 4.25. The summed E-state index contributed by atoms with van der Waals surface area (Å²) in [5.41, 5.74) is 1.53. The summed E-state index contributed by atoms with van der Waals surface area (Å²) in [6.07, 6.45) is 1.75. The summed E-state index contributed by atoms with van der Waals surface area (Å²) in [4.78, 5) is 30.0. The first kappa shape index (κ1) is 18.8. The van der Waals surface area contributed by atoms with E-state index < -0.39 is 0 Å². The van der Waals surface area contributed by atoms with Gasteiger partial charge in [-0.3, -0.25) is 9.59 Å². The Balaban J connectivity index is 1.49. The molecule has 1 aromatic carbocycles. The molecule has 27 heavy (non-hydrogen) atoms. The lowest BCUT2D eigenvalue weighted by Crippen LogP contribution is -2.36. The van der Waals surface area contributed by atoms with E-state index >= 15 is 0 Å². The summed E-state index contributed by atoms with van der Waals surface area (Å²) in [5.74, 6) is 1.12. The SMILES string of the molecule is CC(=O)c1cccc(OCC(=O)NCc2ccnc(N3CCOCC3)c2)c1. The molecule has 0 radical (unpaired) electrons. The number of morpholine rings is 1. The summed E-state index contributed by atoms with van der Waals surface area (Å²) in [6, 6.07) is 10.6. The van der Waals surface area contributed by atoms with Crippen molar-refractivity contribution in [1.82, 2.24) is 10.3 Å². The Morgan fingerprint density at radius 1 is 1.22 bits per heavy atom. The molecule has 1 saturated heterocycles. The molecule has 1 amide bonds. The van der Waals surface area contributed by atoms with E-state index in [4.69, 9.17) is 9.47 Å². The number of rotatable bonds is 7. The minimum atomic E-state index is -0.229. The van der Waals surface area contributed by atoms with Gasteiger partial charge in [-0.2, -0.15) is 0 Å². The van der Waals surface area contributed by atoms with Gasteiger partial charge in [-0.25, -0.2) is 4.98 Å². The maximum absolute atomic E-state index is 12.0. The quantitative estimate of drug-likeness (QED) is 0.750. The van der Waals surface area contributed by atoms with Crippen molar-refractivity contribution >= 4 is 17.5 Å². The van der Waals surface area contributed by atoms with Gasteiger partial charge in [-0.05, 0) is 36.8 Å². The van der Waals surface area contributed by atoms with Crippen LogP contribution in [0.1, 0.15) is 22.8 Å². The topological polar surface area (TPSA) is 80.8 Å². The highest BCUT2D eigenvalue weighted by Crippen LogP contribution is 2.15. The molecule has 2 heterocycles. The molecular weight excluding hydrogens is 346 g/mol. The number of benzene rings is 1. The second kappa shape index (κ2) is 9.14. The molecule has 1 aliphatic rings. The van der Waals surface area contributed by atoms with Crippen LogP contribution in [0.2, 0.25) is 0 Å². The molecule has 0 spiro atoms. The van der Waals surface area contributed by atoms with Gasteiger partial charge in [0.25, 0.3) is 5.91 Å². The van der Waals surface area contributed by atoms with E-state index in [9.17, 15) is 9.59 Å². The number of anilines is 1. The number of aromatic nitrogens is 1. The van der Waals surface area contributed by atoms with Crippen LogP contribution in [-0.2, 0) is 16.1 Å². The van der Waals surface area contributed by atoms with Crippen LogP contribution < -0.4 is 15.0 Å². The molecule has 0 saturated carbocycles. The van der Waals surface area contributed by atoms with Crippen molar-refractivity contribution in [3.8, 4) is 5.75 Å². The molecule has 1 N–H and O–H groups in total. The predicted octanol–water partition coefficient (Wildman–Crippen LogP) is 1.82. The first-order valence-electron chi connectivity index (χ1n) is 8.90. The number of ketones is 1. The number of nitrogens with zero attached hydrogens (tertiary/aromatic N) is 2. The van der Waals surface area contributed by atoms with Crippen LogP contribution in [0.25, 0.3) is 0 Å². The molecule has 1 aliphatic heterocycles. The Morgan fingerprint density at radius 2 is 2.04 bits per heavy atom. The second-order valence-electron chi connectivity index (χ2n) is 6.27. The summed E-state index contributed by atoms with van der Waals surface area (Å²) in [7, 11) is 0. The molecule has 0 aliphatic carbocycles. The highest BCUT2D eigenvalue weighted by atomic mass is 16.5. The minimum Gasteiger partial charge on any atom is -0.484 e. The van der Waals surface area contributed by atoms with Gasteiger partial charge in [0.2, 0.25) is 0 Å². The van der Waals surface area contributed by atoms with Crippen LogP contribution in [0, 0.1) is 0 Å². The van der Waals surface area contributed by atoms with E-state index in [1.807, 2.05) is 12.1 Å². The number of hydrogen-bond donors (Lipinski definition) is 1. The number of carbonyl (C=O) groups excluding carboxylic acids is 2. The molecule has 142 valence electrons. The van der Waals surface area contributed by atoms with Gasteiger partial charge in [0.05, 0.1) is 13.2 Å². The molecule has 1 aromatic heterocycles. The fourth-order valence-corrected chi connectivity index (χ4v) is 2.74. The van der Waals surface area contributed by atoms with E-state index in [0.29, 0.717) is 31.1 Å². The lowest BCUT2D eigenvalue weighted by atomic mass is 10.1. The van der Waals surface area contributed by atoms with Crippen LogP contribution in [0.4, 0.5) is 5.82 Å². The smallest absolute Gasteiger partial charge is 0.258 e. The fraction of sp³-hybridized carbons (Fsp3) is 0.350. The average molecular weight is 369 g/mol. The predicted molar refractivity (Wildman–Crippen MR) is 101 cm³/mol. The maximum Gasteiger partial charge on any atom is 0.258 e. The van der Waals surface area contributed by atoms with Crippen LogP contribution in [0.5, 0.6) is 5.75 Å². The molecule has 0 bridgehead atoms. The number of carbonyl (C=O) groups is 2. The van der Waals surface area contributed by atoms with E-state index in [1.54, 1.807) is 30.5 Å². The summed E-state index contributed by atoms with van der Waals surface area (Å²) < 4.78 is 10.8. The molecule has 7 heteroatoms. The number of pyridine rings is 1. The van der Waals surface area contributed by atoms with Crippen molar-refractivity contribution in [3.63, 3.8) is 0 Å². The average Bonchev–Trinajstić information content (AvgIpc) is 2.72. The zero-order valence-electron chi connectivity index (χ0n) is 15.3. The number of nitrogens with one attached hydrogen (secondary N) is 1. The highest BCUT2D eigenvalue weighted by molar-refractivity contribution is 5.94. The van der Waals surface area contributed by atoms with Gasteiger partial charge in [-0.15, -0.1) is 0 Å². The maximum atomic E-state index is 12.0. The Labute approximate surface area is 158 Å². The number of amides is 1. The Hall–Kier alpha value is -2.93. The third kappa shape index (κ3) is 5.52. The Morgan fingerprint density at radius 3 is 2.81 bits per heavy atom. The van der Waals surface area contributed by atoms with Crippen molar-refractivity contribution in [1.29, 1.82) is 0 Å². The van der Waals surface area contributed by atoms with Crippen molar-refractivity contribution in [3.05, 3.63) is 53.7 Å². The fourth-order valence-electron chi connectivity index (χ4n) is 2.74. The largest absolute Gasteiger partial charge is 0.484 e. The molecule has 7 nitrogen and oxygen atoms in total. The lowest BCUT2D eigenvalue weighted by Gasteiger charge is -2.28. The first-order chi connectivity index (χ1) is 13.1. The highest BCUT2D eigenvalue weighted by Gasteiger charge is 2.13. The summed E-state index contributed by atoms with van der Waals surface area (Å²) >= 11 is 0. The normalized spacial score (nSPS) is 13.9. The molecule has 3 rings (SSSR count). The van der Waals surface area contributed by atoms with Crippen molar-refractivity contribution in [2.75, 3.05) is 37.8 Å². The van der Waals surface area contributed by atoms with Crippen molar-refractivity contribution in [2.45, 2.75) is 13.5 Å². The van der Waals surface area contributed by atoms with Crippen molar-refractivity contribution < 1.29 is 19.1 Å². The van der Waals surface area contributed by atoms with Crippen LogP contribution in [-0.4, -0.2) is 49.6 Å². The van der Waals surface area contributed by atoms with Gasteiger partial charge in [0.1, 0.15) is 11.6 Å². The lowest BCUT2D eigenvalue weighted by molar-refractivity contribution is -0.123. The minimum absolute atomic E-state index is 0.0429. The van der Waals surface area contributed by atoms with E-state index in [0.717, 1.165) is 24.5 Å². The number of ether oxygens (including phenoxy) is 2. The number of Topliss-reactive ketones (excluding diaryl/α,β-unsaturated/α-hetero) is 1. The third-order valence-electron chi connectivity index (χ3n) is 4.25. The standard InChI is InChI=1S/C20H23N3O4/c1-15(24)17-3-2-4-18(12-17)27-14-20(25)22-13-16-5-6-21-19(11-16)23-7-9-26-10-8-23/h2-6,11-12H,7-10,13-14H2,1H3,(H,22,25). The Bertz CT molecular complexity index is 803. The van der Waals surface area contributed by atoms with Crippen LogP contribution in [0.15, 0.2) is 42.6 Å². The van der Waals surface area contributed by atoms with E-state index in [-0.39, 0.29) is 18.3 Å². The molecule has 2 aromatic rings. The first-order valence-corrected chi connectivity index (χ1v) is 8.90. The van der Waals surface area contributed by atoms with Crippen LogP contribution >= 0.6 is 0 Å². The van der Waals surface area contributed by atoms with Crippen LogP contribution in [0.3, 0.4) is 0 Å². The second-order valence-corrected chi connectivity index (χ2v) is 6.27. The molecule has 1 fully saturated rings. The summed E-state index contributed by atoms with van der Waals surface area (Å²) in [5, 5.41) is 2.83. The molecule has 0 atom stereocenters. The van der Waals surface area contributed by atoms with Gasteiger partial charge >= 0.3 is 0 Å². The van der Waals surface area contributed by atoms with E-state index in [2.05, 4.69) is 15.2 Å². The van der Waals surface area contributed by atoms with Crippen molar-refractivity contribution in [2.24, 2.45) is 0 Å². The zero-order chi connectivity index (χ0) is 19.1. The van der Waals surface area contributed by atoms with E-state index in [1.165, 1.54) is 6.92 Å². The van der Waals surface area contributed by atoms with Gasteiger partial charge in [-0.1, -0.05) is 12.1 Å². The van der Waals surface area contributed by atoms with Gasteiger partial charge in [0, 0.05) is 31.4 Å². The van der Waals surface area contributed by atoms with Gasteiger partial charge < -0.3 is 19.7 Å². The zero-order valence-corrected chi connectivity index (χ0v) is 15.3. The monoisotopic (exact) mass is 369 g/mol. The van der Waals surface area contributed by atoms with Gasteiger partial charge in [0.15, 0.2) is 12.4 Å². The summed E-state index contributed by atoms with van der Waals surface area (Å²) in [6.45, 7) is 4.81. The molecular formula is C20H23N3O4. The number of hydrogen-bond acceptors (Lipinski definition) is 6.